The van der Waals surface area contributed by atoms with Crippen LogP contribution in [0, 0.1) is 0 Å². The summed E-state index contributed by atoms with van der Waals surface area (Å²) in [4.78, 5) is 16.2. The molecule has 2 N–H and O–H groups in total. The van der Waals surface area contributed by atoms with Gasteiger partial charge in [-0.05, 0) is 30.0 Å². The fourth-order valence-electron chi connectivity index (χ4n) is 2.16. The molecule has 0 aliphatic carbocycles. The molecule has 0 spiro atoms. The summed E-state index contributed by atoms with van der Waals surface area (Å²) < 4.78 is 0. The van der Waals surface area contributed by atoms with Crippen LogP contribution in [-0.2, 0) is 0 Å². The summed E-state index contributed by atoms with van der Waals surface area (Å²) in [6.45, 7) is 2.83. The molecule has 2 rings (SSSR count). The molecule has 4 nitrogen and oxygen atoms in total. The second kappa shape index (κ2) is 7.43. The van der Waals surface area contributed by atoms with Crippen molar-refractivity contribution >= 4 is 11.7 Å². The van der Waals surface area contributed by atoms with Crippen molar-refractivity contribution < 1.29 is 4.79 Å². The fourth-order valence-corrected chi connectivity index (χ4v) is 2.16. The van der Waals surface area contributed by atoms with Crippen LogP contribution in [0.5, 0.6) is 0 Å². The SMILES string of the molecule is CNc1cc(C(=O)NCCC(C)c2ccccc2)ccn1. The smallest absolute Gasteiger partial charge is 0.251 e. The molecular formula is C17H21N3O. The first-order valence-corrected chi connectivity index (χ1v) is 7.17. The lowest BCUT2D eigenvalue weighted by Crippen LogP contribution is -2.25. The number of pyridine rings is 1. The Bertz CT molecular complexity index is 584. The Hall–Kier alpha value is -2.36. The van der Waals surface area contributed by atoms with Gasteiger partial charge in [-0.25, -0.2) is 4.98 Å². The summed E-state index contributed by atoms with van der Waals surface area (Å²) in [5, 5.41) is 5.88. The van der Waals surface area contributed by atoms with Crippen LogP contribution in [0.3, 0.4) is 0 Å². The maximum atomic E-state index is 12.1. The third kappa shape index (κ3) is 4.31. The van der Waals surface area contributed by atoms with Gasteiger partial charge in [-0.3, -0.25) is 4.79 Å². The second-order valence-corrected chi connectivity index (χ2v) is 5.04. The number of carbonyl (C=O) groups excluding carboxylic acids is 1. The number of aromatic nitrogens is 1. The highest BCUT2D eigenvalue weighted by molar-refractivity contribution is 5.94. The minimum atomic E-state index is -0.0610. The predicted molar refractivity (Wildman–Crippen MR) is 85.6 cm³/mol. The molecule has 0 fully saturated rings. The molecule has 1 amide bonds. The van der Waals surface area contributed by atoms with Crippen molar-refractivity contribution in [3.63, 3.8) is 0 Å². The van der Waals surface area contributed by atoms with E-state index in [4.69, 9.17) is 0 Å². The molecular weight excluding hydrogens is 262 g/mol. The summed E-state index contributed by atoms with van der Waals surface area (Å²) in [6, 6.07) is 13.8. The van der Waals surface area contributed by atoms with Crippen LogP contribution in [-0.4, -0.2) is 24.5 Å². The molecule has 1 atom stereocenters. The third-order valence-electron chi connectivity index (χ3n) is 3.51. The van der Waals surface area contributed by atoms with E-state index in [1.54, 1.807) is 25.4 Å². The lowest BCUT2D eigenvalue weighted by Gasteiger charge is -2.12. The minimum absolute atomic E-state index is 0.0610. The second-order valence-electron chi connectivity index (χ2n) is 5.04. The zero-order chi connectivity index (χ0) is 15.1. The van der Waals surface area contributed by atoms with E-state index >= 15 is 0 Å². The van der Waals surface area contributed by atoms with Crippen molar-refractivity contribution in [2.45, 2.75) is 19.3 Å². The van der Waals surface area contributed by atoms with Crippen molar-refractivity contribution in [3.8, 4) is 0 Å². The Morgan fingerprint density at radius 3 is 2.71 bits per heavy atom. The number of rotatable bonds is 6. The fraction of sp³-hybridized carbons (Fsp3) is 0.294. The van der Waals surface area contributed by atoms with Gasteiger partial charge in [0.2, 0.25) is 0 Å². The van der Waals surface area contributed by atoms with Crippen molar-refractivity contribution in [2.24, 2.45) is 0 Å². The maximum absolute atomic E-state index is 12.1. The van der Waals surface area contributed by atoms with Crippen LogP contribution in [0.1, 0.15) is 35.2 Å². The number of anilines is 1. The van der Waals surface area contributed by atoms with Crippen LogP contribution < -0.4 is 10.6 Å². The average Bonchev–Trinajstić information content (AvgIpc) is 2.55. The molecule has 4 heteroatoms. The van der Waals surface area contributed by atoms with Crippen LogP contribution >= 0.6 is 0 Å². The Morgan fingerprint density at radius 1 is 1.24 bits per heavy atom. The Labute approximate surface area is 125 Å². The number of nitrogens with zero attached hydrogens (tertiary/aromatic N) is 1. The van der Waals surface area contributed by atoms with Crippen LogP contribution in [0.2, 0.25) is 0 Å². The first-order chi connectivity index (χ1) is 10.2. The van der Waals surface area contributed by atoms with Crippen molar-refractivity contribution in [1.82, 2.24) is 10.3 Å². The van der Waals surface area contributed by atoms with E-state index in [-0.39, 0.29) is 5.91 Å². The molecule has 0 saturated heterocycles. The van der Waals surface area contributed by atoms with Crippen LogP contribution in [0.4, 0.5) is 5.82 Å². The van der Waals surface area contributed by atoms with Gasteiger partial charge in [0.25, 0.3) is 5.91 Å². The molecule has 1 aromatic heterocycles. The molecule has 0 radical (unpaired) electrons. The number of amides is 1. The molecule has 110 valence electrons. The Kier molecular flexibility index (Phi) is 5.32. The summed E-state index contributed by atoms with van der Waals surface area (Å²) in [5.41, 5.74) is 1.93. The van der Waals surface area contributed by atoms with Crippen molar-refractivity contribution in [3.05, 3.63) is 59.8 Å². The highest BCUT2D eigenvalue weighted by Gasteiger charge is 2.08. The highest BCUT2D eigenvalue weighted by Crippen LogP contribution is 2.17. The minimum Gasteiger partial charge on any atom is -0.373 e. The van der Waals surface area contributed by atoms with E-state index in [1.807, 2.05) is 18.2 Å². The lowest BCUT2D eigenvalue weighted by atomic mass is 9.98. The monoisotopic (exact) mass is 283 g/mol. The summed E-state index contributed by atoms with van der Waals surface area (Å²) in [6.07, 6.45) is 2.55. The Morgan fingerprint density at radius 2 is 2.00 bits per heavy atom. The van der Waals surface area contributed by atoms with Gasteiger partial charge >= 0.3 is 0 Å². The first-order valence-electron chi connectivity index (χ1n) is 7.17. The number of hydrogen-bond acceptors (Lipinski definition) is 3. The largest absolute Gasteiger partial charge is 0.373 e. The molecule has 1 heterocycles. The number of carbonyl (C=O) groups is 1. The lowest BCUT2D eigenvalue weighted by molar-refractivity contribution is 0.0952. The van der Waals surface area contributed by atoms with Crippen molar-refractivity contribution in [2.75, 3.05) is 18.9 Å². The van der Waals surface area contributed by atoms with Gasteiger partial charge in [0.15, 0.2) is 0 Å². The van der Waals surface area contributed by atoms with E-state index in [0.29, 0.717) is 23.8 Å². The first kappa shape index (κ1) is 15.0. The van der Waals surface area contributed by atoms with Crippen LogP contribution in [0.15, 0.2) is 48.7 Å². The predicted octanol–water partition coefficient (Wildman–Crippen LogP) is 3.05. The third-order valence-corrected chi connectivity index (χ3v) is 3.51. The van der Waals surface area contributed by atoms with Gasteiger partial charge in [-0.2, -0.15) is 0 Å². The van der Waals surface area contributed by atoms with E-state index in [2.05, 4.69) is 34.7 Å². The number of nitrogens with one attached hydrogen (secondary N) is 2. The Balaban J connectivity index is 1.84. The maximum Gasteiger partial charge on any atom is 0.251 e. The molecule has 2 aromatic rings. The zero-order valence-electron chi connectivity index (χ0n) is 12.5. The van der Waals surface area contributed by atoms with Gasteiger partial charge in [0.1, 0.15) is 5.82 Å². The molecule has 21 heavy (non-hydrogen) atoms. The average molecular weight is 283 g/mol. The standard InChI is InChI=1S/C17H21N3O/c1-13(14-6-4-3-5-7-14)8-10-20-17(21)15-9-11-19-16(12-15)18-2/h3-7,9,11-13H,8,10H2,1-2H3,(H,18,19)(H,20,21). The van der Waals surface area contributed by atoms with Gasteiger partial charge in [0.05, 0.1) is 0 Å². The van der Waals surface area contributed by atoms with E-state index in [0.717, 1.165) is 6.42 Å². The normalized spacial score (nSPS) is 11.7. The zero-order valence-corrected chi connectivity index (χ0v) is 12.5. The molecule has 0 saturated carbocycles. The van der Waals surface area contributed by atoms with Gasteiger partial charge < -0.3 is 10.6 Å². The van der Waals surface area contributed by atoms with Crippen molar-refractivity contribution in [1.29, 1.82) is 0 Å². The quantitative estimate of drug-likeness (QED) is 0.856. The summed E-state index contributed by atoms with van der Waals surface area (Å²) in [5.74, 6) is 1.06. The highest BCUT2D eigenvalue weighted by atomic mass is 16.1. The molecule has 0 aliphatic rings. The summed E-state index contributed by atoms with van der Waals surface area (Å²) in [7, 11) is 1.78. The number of hydrogen-bond donors (Lipinski definition) is 2. The van der Waals surface area contributed by atoms with Gasteiger partial charge in [-0.15, -0.1) is 0 Å². The van der Waals surface area contributed by atoms with E-state index < -0.39 is 0 Å². The molecule has 1 aromatic carbocycles. The number of benzene rings is 1. The van der Waals surface area contributed by atoms with E-state index in [9.17, 15) is 4.79 Å². The van der Waals surface area contributed by atoms with Crippen LogP contribution in [0.25, 0.3) is 0 Å². The topological polar surface area (TPSA) is 54.0 Å². The molecule has 1 unspecified atom stereocenters. The van der Waals surface area contributed by atoms with Gasteiger partial charge in [0, 0.05) is 25.4 Å². The molecule has 0 bridgehead atoms. The summed E-state index contributed by atoms with van der Waals surface area (Å²) >= 11 is 0. The van der Waals surface area contributed by atoms with E-state index in [1.165, 1.54) is 5.56 Å². The van der Waals surface area contributed by atoms with Gasteiger partial charge in [-0.1, -0.05) is 37.3 Å². The molecule has 0 aliphatic heterocycles.